The highest BCUT2D eigenvalue weighted by Crippen LogP contribution is 2.34. The number of quaternary nitrogens is 1. The van der Waals surface area contributed by atoms with Gasteiger partial charge in [-0.3, -0.25) is 14.5 Å². The minimum atomic E-state index is -0.218. The lowest BCUT2D eigenvalue weighted by Crippen LogP contribution is -2.80. The van der Waals surface area contributed by atoms with Crippen LogP contribution < -0.4 is 5.48 Å². The van der Waals surface area contributed by atoms with Crippen LogP contribution in [0.5, 0.6) is 0 Å². The van der Waals surface area contributed by atoms with E-state index in [-0.39, 0.29) is 17.9 Å². The molecule has 3 rings (SSSR count). The molecule has 1 aromatic rings. The molecule has 2 N–H and O–H groups in total. The molecule has 0 spiro atoms. The number of fused-ring (bicyclic) bond motifs is 1. The van der Waals surface area contributed by atoms with E-state index in [1.165, 1.54) is 4.90 Å². The summed E-state index contributed by atoms with van der Waals surface area (Å²) >= 11 is 0. The van der Waals surface area contributed by atoms with Crippen molar-refractivity contribution in [3.63, 3.8) is 0 Å². The lowest BCUT2D eigenvalue weighted by Gasteiger charge is -2.23. The third-order valence-electron chi connectivity index (χ3n) is 4.16. The highest BCUT2D eigenvalue weighted by molar-refractivity contribution is 6.21. The SMILES string of the molecule is C/C=C\C1=C([NH2+]OC)CCC1N1C(=O)c2ccccc2C1=O. The first-order valence-electron chi connectivity index (χ1n) is 7.37. The molecule has 1 aliphatic carbocycles. The van der Waals surface area contributed by atoms with E-state index < -0.39 is 0 Å². The predicted molar refractivity (Wildman–Crippen MR) is 80.7 cm³/mol. The molecule has 2 amide bonds. The van der Waals surface area contributed by atoms with Crippen LogP contribution in [0.25, 0.3) is 0 Å². The molecule has 2 aliphatic rings. The molecule has 0 saturated heterocycles. The van der Waals surface area contributed by atoms with Gasteiger partial charge in [-0.2, -0.15) is 5.48 Å². The predicted octanol–water partition coefficient (Wildman–Crippen LogP) is 1.40. The minimum absolute atomic E-state index is 0.203. The van der Waals surface area contributed by atoms with E-state index in [4.69, 9.17) is 4.84 Å². The highest BCUT2D eigenvalue weighted by Gasteiger charge is 2.43. The van der Waals surface area contributed by atoms with E-state index >= 15 is 0 Å². The average molecular weight is 299 g/mol. The van der Waals surface area contributed by atoms with Crippen LogP contribution >= 0.6 is 0 Å². The van der Waals surface area contributed by atoms with Gasteiger partial charge in [-0.05, 0) is 25.5 Å². The standard InChI is InChI=1S/C17H18N2O3/c1-3-6-13-14(18-22-2)9-10-15(13)19-16(20)11-7-4-5-8-12(11)17(19)21/h3-8,15,18H,9-10H2,1-2H3/p+1/b6-3-. The molecule has 0 radical (unpaired) electrons. The summed E-state index contributed by atoms with van der Waals surface area (Å²) in [6.07, 6.45) is 5.42. The molecule has 1 aliphatic heterocycles. The second-order valence-electron chi connectivity index (χ2n) is 5.41. The molecule has 1 heterocycles. The van der Waals surface area contributed by atoms with Gasteiger partial charge in [-0.1, -0.05) is 24.3 Å². The summed E-state index contributed by atoms with van der Waals surface area (Å²) in [7, 11) is 1.61. The Labute approximate surface area is 129 Å². The highest BCUT2D eigenvalue weighted by atomic mass is 16.6. The Balaban J connectivity index is 1.99. The van der Waals surface area contributed by atoms with E-state index in [1.807, 2.05) is 19.1 Å². The summed E-state index contributed by atoms with van der Waals surface area (Å²) < 4.78 is 0. The Bertz CT molecular complexity index is 656. The fraction of sp³-hybridized carbons (Fsp3) is 0.294. The summed E-state index contributed by atoms with van der Waals surface area (Å²) in [5.41, 5.74) is 4.72. The van der Waals surface area contributed by atoms with Crippen LogP contribution in [0.1, 0.15) is 40.5 Å². The largest absolute Gasteiger partial charge is 0.269 e. The number of imide groups is 1. The Hall–Kier alpha value is -2.24. The van der Waals surface area contributed by atoms with Gasteiger partial charge >= 0.3 is 0 Å². The van der Waals surface area contributed by atoms with E-state index in [2.05, 4.69) is 0 Å². The number of rotatable bonds is 4. The van der Waals surface area contributed by atoms with Crippen LogP contribution in [0.15, 0.2) is 47.7 Å². The molecule has 0 bridgehead atoms. The number of hydroxylamine groups is 1. The lowest BCUT2D eigenvalue weighted by atomic mass is 10.1. The van der Waals surface area contributed by atoms with Gasteiger partial charge in [-0.25, -0.2) is 4.84 Å². The van der Waals surface area contributed by atoms with Crippen molar-refractivity contribution >= 4 is 11.8 Å². The molecule has 1 aromatic carbocycles. The zero-order valence-electron chi connectivity index (χ0n) is 12.7. The molecule has 0 aromatic heterocycles. The Kier molecular flexibility index (Phi) is 3.92. The van der Waals surface area contributed by atoms with Gasteiger partial charge in [0.15, 0.2) is 0 Å². The van der Waals surface area contributed by atoms with Gasteiger partial charge in [0.25, 0.3) is 11.8 Å². The quantitative estimate of drug-likeness (QED) is 0.675. The van der Waals surface area contributed by atoms with E-state index in [0.717, 1.165) is 24.1 Å². The van der Waals surface area contributed by atoms with E-state index in [1.54, 1.807) is 36.9 Å². The van der Waals surface area contributed by atoms with Crippen LogP contribution in [0.4, 0.5) is 0 Å². The maximum absolute atomic E-state index is 12.6. The smallest absolute Gasteiger partial charge is 0.262 e. The first-order valence-corrected chi connectivity index (χ1v) is 7.37. The van der Waals surface area contributed by atoms with E-state index in [9.17, 15) is 9.59 Å². The second-order valence-corrected chi connectivity index (χ2v) is 5.41. The summed E-state index contributed by atoms with van der Waals surface area (Å²) in [6, 6.07) is 6.78. The number of allylic oxidation sites excluding steroid dienone is 2. The maximum Gasteiger partial charge on any atom is 0.262 e. The first-order chi connectivity index (χ1) is 10.7. The van der Waals surface area contributed by atoms with Crippen LogP contribution in [-0.4, -0.2) is 29.9 Å². The van der Waals surface area contributed by atoms with Crippen molar-refractivity contribution in [2.45, 2.75) is 25.8 Å². The van der Waals surface area contributed by atoms with Crippen molar-refractivity contribution in [1.82, 2.24) is 4.90 Å². The Morgan fingerprint density at radius 2 is 1.86 bits per heavy atom. The second kappa shape index (κ2) is 5.87. The summed E-state index contributed by atoms with van der Waals surface area (Å²) in [5.74, 6) is -0.405. The summed E-state index contributed by atoms with van der Waals surface area (Å²) in [5, 5.41) is 0. The zero-order valence-corrected chi connectivity index (χ0v) is 12.7. The van der Waals surface area contributed by atoms with Gasteiger partial charge in [0.2, 0.25) is 0 Å². The number of benzene rings is 1. The van der Waals surface area contributed by atoms with Gasteiger partial charge < -0.3 is 0 Å². The van der Waals surface area contributed by atoms with E-state index in [0.29, 0.717) is 11.1 Å². The molecule has 5 heteroatoms. The number of nitrogens with two attached hydrogens (primary N) is 1. The third kappa shape index (κ3) is 2.19. The first kappa shape index (κ1) is 14.7. The minimum Gasteiger partial charge on any atom is -0.269 e. The fourth-order valence-corrected chi connectivity index (χ4v) is 3.23. The van der Waals surface area contributed by atoms with Crippen LogP contribution in [0, 0.1) is 0 Å². The fourth-order valence-electron chi connectivity index (χ4n) is 3.23. The van der Waals surface area contributed by atoms with Crippen molar-refractivity contribution < 1.29 is 19.9 Å². The third-order valence-corrected chi connectivity index (χ3v) is 4.16. The Morgan fingerprint density at radius 3 is 2.41 bits per heavy atom. The molecule has 1 unspecified atom stereocenters. The monoisotopic (exact) mass is 299 g/mol. The van der Waals surface area contributed by atoms with Gasteiger partial charge in [0.1, 0.15) is 5.70 Å². The molecule has 0 fully saturated rings. The average Bonchev–Trinajstić information content (AvgIpc) is 3.01. The zero-order chi connectivity index (χ0) is 15.7. The molecule has 22 heavy (non-hydrogen) atoms. The van der Waals surface area contributed by atoms with Gasteiger partial charge in [0, 0.05) is 12.0 Å². The number of hydrogen-bond acceptors (Lipinski definition) is 3. The number of hydrogen-bond donors (Lipinski definition) is 1. The molecule has 5 nitrogen and oxygen atoms in total. The normalized spacial score (nSPS) is 21.4. The van der Waals surface area contributed by atoms with Crippen molar-refractivity contribution in [2.24, 2.45) is 0 Å². The van der Waals surface area contributed by atoms with Gasteiger partial charge in [0.05, 0.1) is 24.3 Å². The Morgan fingerprint density at radius 1 is 1.23 bits per heavy atom. The van der Waals surface area contributed by atoms with Crippen LogP contribution in [-0.2, 0) is 4.84 Å². The summed E-state index contributed by atoms with van der Waals surface area (Å²) in [4.78, 5) is 31.8. The van der Waals surface area contributed by atoms with Crippen LogP contribution in [0.3, 0.4) is 0 Å². The van der Waals surface area contributed by atoms with Crippen molar-refractivity contribution in [2.75, 3.05) is 7.11 Å². The molecule has 1 atom stereocenters. The molecule has 114 valence electrons. The summed E-state index contributed by atoms with van der Waals surface area (Å²) in [6.45, 7) is 1.93. The number of carbonyl (C=O) groups excluding carboxylic acids is 2. The topological polar surface area (TPSA) is 63.2 Å². The molecular weight excluding hydrogens is 280 g/mol. The number of nitrogens with zero attached hydrogens (tertiary/aromatic N) is 1. The van der Waals surface area contributed by atoms with Gasteiger partial charge in [-0.15, -0.1) is 0 Å². The number of amides is 2. The number of carbonyl (C=O) groups is 2. The lowest BCUT2D eigenvalue weighted by molar-refractivity contribution is -0.856. The van der Waals surface area contributed by atoms with Crippen molar-refractivity contribution in [3.05, 3.63) is 58.8 Å². The van der Waals surface area contributed by atoms with Crippen molar-refractivity contribution in [1.29, 1.82) is 0 Å². The van der Waals surface area contributed by atoms with Crippen molar-refractivity contribution in [3.8, 4) is 0 Å². The van der Waals surface area contributed by atoms with Crippen LogP contribution in [0.2, 0.25) is 0 Å². The maximum atomic E-state index is 12.6. The molecule has 0 saturated carbocycles. The molecular formula is C17H19N2O3+.